The Morgan fingerprint density at radius 3 is 2.60 bits per heavy atom. The lowest BCUT2D eigenvalue weighted by atomic mass is 9.92. The summed E-state index contributed by atoms with van der Waals surface area (Å²) in [7, 11) is 0. The molecule has 0 aliphatic heterocycles. The Kier molecular flexibility index (Phi) is 7.79. The molecule has 2 atom stereocenters. The van der Waals surface area contributed by atoms with Crippen LogP contribution in [-0.2, 0) is 6.54 Å². The molecule has 0 spiro atoms. The van der Waals surface area contributed by atoms with E-state index in [0.717, 1.165) is 35.7 Å². The average molecular weight is 446 g/mol. The summed E-state index contributed by atoms with van der Waals surface area (Å²) in [6.07, 6.45) is 3.33. The fourth-order valence-corrected chi connectivity index (χ4v) is 4.15. The molecule has 30 heavy (non-hydrogen) atoms. The molecule has 0 saturated heterocycles. The number of aromatic nitrogens is 2. The minimum Gasteiger partial charge on any atom is -0.350 e. The molecule has 3 rings (SSSR count). The van der Waals surface area contributed by atoms with Crippen LogP contribution in [0.25, 0.3) is 10.9 Å². The van der Waals surface area contributed by atoms with Crippen LogP contribution < -0.4 is 5.32 Å². The number of fused-ring (bicyclic) bond motifs is 1. The van der Waals surface area contributed by atoms with Gasteiger partial charge < -0.3 is 5.32 Å². The maximum absolute atomic E-state index is 13.0. The normalized spacial score (nSPS) is 13.4. The second kappa shape index (κ2) is 10.3. The average Bonchev–Trinajstić information content (AvgIpc) is 3.11. The van der Waals surface area contributed by atoms with Gasteiger partial charge in [-0.3, -0.25) is 9.48 Å². The number of halogens is 2. The quantitative estimate of drug-likeness (QED) is 0.403. The summed E-state index contributed by atoms with van der Waals surface area (Å²) >= 11 is 12.4. The fourth-order valence-electron chi connectivity index (χ4n) is 3.68. The van der Waals surface area contributed by atoms with Gasteiger partial charge in [0.05, 0.1) is 12.1 Å². The van der Waals surface area contributed by atoms with Crippen molar-refractivity contribution in [1.29, 1.82) is 0 Å². The molecule has 160 valence electrons. The van der Waals surface area contributed by atoms with E-state index in [-0.39, 0.29) is 5.91 Å². The molecule has 1 N–H and O–H groups in total. The van der Waals surface area contributed by atoms with Crippen molar-refractivity contribution in [3.63, 3.8) is 0 Å². The van der Waals surface area contributed by atoms with E-state index in [1.807, 2.05) is 41.1 Å². The van der Waals surface area contributed by atoms with Gasteiger partial charge in [0.15, 0.2) is 5.69 Å². The minimum atomic E-state index is -0.130. The Labute approximate surface area is 188 Å². The van der Waals surface area contributed by atoms with Crippen LogP contribution in [0.3, 0.4) is 0 Å². The van der Waals surface area contributed by atoms with Crippen molar-refractivity contribution in [2.24, 2.45) is 11.8 Å². The molecule has 6 heteroatoms. The Balaban J connectivity index is 1.81. The smallest absolute Gasteiger partial charge is 0.272 e. The first-order valence-corrected chi connectivity index (χ1v) is 11.4. The van der Waals surface area contributed by atoms with Crippen molar-refractivity contribution >= 4 is 40.0 Å². The molecule has 0 radical (unpaired) electrons. The Hall–Kier alpha value is -2.04. The van der Waals surface area contributed by atoms with Gasteiger partial charge in [0.1, 0.15) is 0 Å². The summed E-state index contributed by atoms with van der Waals surface area (Å²) in [5, 5.41) is 9.78. The highest BCUT2D eigenvalue weighted by atomic mass is 35.5. The SMILES string of the molecule is CCC(C)CC(CC)CNC(=O)c1nn(Cc2ccc(Cl)cc2Cl)c2ccccc12. The molecule has 1 aromatic heterocycles. The molecule has 4 nitrogen and oxygen atoms in total. The number of carbonyl (C=O) groups is 1. The summed E-state index contributed by atoms with van der Waals surface area (Å²) in [6, 6.07) is 13.2. The van der Waals surface area contributed by atoms with Crippen molar-refractivity contribution < 1.29 is 4.79 Å². The first-order valence-electron chi connectivity index (χ1n) is 10.6. The maximum atomic E-state index is 13.0. The third-order valence-electron chi connectivity index (χ3n) is 5.77. The molecule has 0 fully saturated rings. The van der Waals surface area contributed by atoms with Gasteiger partial charge in [0.25, 0.3) is 5.91 Å². The molecule has 0 saturated carbocycles. The molecule has 1 heterocycles. The van der Waals surface area contributed by atoms with E-state index >= 15 is 0 Å². The van der Waals surface area contributed by atoms with Gasteiger partial charge in [-0.15, -0.1) is 0 Å². The number of hydrogen-bond acceptors (Lipinski definition) is 2. The lowest BCUT2D eigenvalue weighted by molar-refractivity contribution is 0.0940. The highest BCUT2D eigenvalue weighted by Gasteiger charge is 2.19. The molecule has 1 amide bonds. The number of carbonyl (C=O) groups excluding carboxylic acids is 1. The summed E-state index contributed by atoms with van der Waals surface area (Å²) in [5.74, 6) is 1.01. The van der Waals surface area contributed by atoms with Crippen LogP contribution in [0, 0.1) is 11.8 Å². The third kappa shape index (κ3) is 5.35. The number of nitrogens with zero attached hydrogens (tertiary/aromatic N) is 2. The van der Waals surface area contributed by atoms with Gasteiger partial charge in [0, 0.05) is 22.0 Å². The van der Waals surface area contributed by atoms with Crippen LogP contribution in [0.4, 0.5) is 0 Å². The van der Waals surface area contributed by atoms with Crippen LogP contribution in [0.2, 0.25) is 10.0 Å². The number of benzene rings is 2. The predicted molar refractivity (Wildman–Crippen MR) is 125 cm³/mol. The monoisotopic (exact) mass is 445 g/mol. The van der Waals surface area contributed by atoms with Crippen molar-refractivity contribution in [1.82, 2.24) is 15.1 Å². The van der Waals surface area contributed by atoms with Crippen molar-refractivity contribution in [3.8, 4) is 0 Å². The van der Waals surface area contributed by atoms with Gasteiger partial charge in [0.2, 0.25) is 0 Å². The van der Waals surface area contributed by atoms with Crippen molar-refractivity contribution in [2.75, 3.05) is 6.54 Å². The summed E-state index contributed by atoms with van der Waals surface area (Å²) in [5.41, 5.74) is 2.26. The van der Waals surface area contributed by atoms with E-state index in [2.05, 4.69) is 31.2 Å². The molecule has 0 bridgehead atoms. The Bertz CT molecular complexity index is 1010. The number of amides is 1. The zero-order valence-electron chi connectivity index (χ0n) is 17.8. The lowest BCUT2D eigenvalue weighted by Gasteiger charge is -2.19. The van der Waals surface area contributed by atoms with Gasteiger partial charge in [-0.05, 0) is 42.0 Å². The molecule has 2 aromatic carbocycles. The Morgan fingerprint density at radius 2 is 1.90 bits per heavy atom. The molecule has 0 aliphatic rings. The van der Waals surface area contributed by atoms with Gasteiger partial charge in [-0.1, -0.05) is 81.1 Å². The van der Waals surface area contributed by atoms with Gasteiger partial charge in [-0.2, -0.15) is 5.10 Å². The topological polar surface area (TPSA) is 46.9 Å². The molecule has 2 unspecified atom stereocenters. The second-order valence-corrected chi connectivity index (χ2v) is 8.84. The van der Waals surface area contributed by atoms with Crippen LogP contribution in [-0.4, -0.2) is 22.2 Å². The third-order valence-corrected chi connectivity index (χ3v) is 6.36. The van der Waals surface area contributed by atoms with Crippen LogP contribution >= 0.6 is 23.2 Å². The predicted octanol–water partition coefficient (Wildman–Crippen LogP) is 6.58. The lowest BCUT2D eigenvalue weighted by Crippen LogP contribution is -2.30. The number of rotatable bonds is 9. The van der Waals surface area contributed by atoms with Crippen LogP contribution in [0.15, 0.2) is 42.5 Å². The first kappa shape index (κ1) is 22.6. The van der Waals surface area contributed by atoms with E-state index < -0.39 is 0 Å². The van der Waals surface area contributed by atoms with E-state index in [0.29, 0.717) is 40.7 Å². The van der Waals surface area contributed by atoms with E-state index in [1.54, 1.807) is 6.07 Å². The summed E-state index contributed by atoms with van der Waals surface area (Å²) in [6.45, 7) is 7.79. The number of para-hydroxylation sites is 1. The highest BCUT2D eigenvalue weighted by molar-refractivity contribution is 6.35. The maximum Gasteiger partial charge on any atom is 0.272 e. The standard InChI is InChI=1S/C24H29Cl2N3O/c1-4-16(3)12-17(5-2)14-27-24(30)23-20-8-6-7-9-22(20)29(28-23)15-18-10-11-19(25)13-21(18)26/h6-11,13,16-17H,4-5,12,14-15H2,1-3H3,(H,27,30). The molecular weight excluding hydrogens is 417 g/mol. The van der Waals surface area contributed by atoms with Crippen LogP contribution in [0.1, 0.15) is 56.1 Å². The van der Waals surface area contributed by atoms with Crippen LogP contribution in [0.5, 0.6) is 0 Å². The fraction of sp³-hybridized carbons (Fsp3) is 0.417. The van der Waals surface area contributed by atoms with Gasteiger partial charge >= 0.3 is 0 Å². The zero-order chi connectivity index (χ0) is 21.7. The minimum absolute atomic E-state index is 0.130. The number of hydrogen-bond donors (Lipinski definition) is 1. The summed E-state index contributed by atoms with van der Waals surface area (Å²) < 4.78 is 1.83. The van der Waals surface area contributed by atoms with Gasteiger partial charge in [-0.25, -0.2) is 0 Å². The number of nitrogens with one attached hydrogen (secondary N) is 1. The van der Waals surface area contributed by atoms with E-state index in [1.165, 1.54) is 0 Å². The zero-order valence-corrected chi connectivity index (χ0v) is 19.3. The Morgan fingerprint density at radius 1 is 1.13 bits per heavy atom. The summed E-state index contributed by atoms with van der Waals surface area (Å²) in [4.78, 5) is 13.0. The van der Waals surface area contributed by atoms with E-state index in [9.17, 15) is 4.79 Å². The molecule has 3 aromatic rings. The molecular formula is C24H29Cl2N3O. The van der Waals surface area contributed by atoms with Crippen molar-refractivity contribution in [2.45, 2.75) is 46.6 Å². The van der Waals surface area contributed by atoms with E-state index in [4.69, 9.17) is 23.2 Å². The second-order valence-electron chi connectivity index (χ2n) is 7.99. The van der Waals surface area contributed by atoms with Crippen molar-refractivity contribution in [3.05, 3.63) is 63.8 Å². The largest absolute Gasteiger partial charge is 0.350 e. The first-order chi connectivity index (χ1) is 14.4. The highest BCUT2D eigenvalue weighted by Crippen LogP contribution is 2.25. The molecule has 0 aliphatic carbocycles.